The number of pyridine rings is 1. The van der Waals surface area contributed by atoms with Crippen molar-refractivity contribution in [3.8, 4) is 0 Å². The molecule has 0 unspecified atom stereocenters. The molecule has 2 rings (SSSR count). The molecule has 0 spiro atoms. The van der Waals surface area contributed by atoms with E-state index in [9.17, 15) is 15.0 Å². The molecule has 1 heterocycles. The molecular weight excluding hydrogens is 198 g/mol. The minimum Gasteiger partial charge on any atom is -0.258 e. The fourth-order valence-corrected chi connectivity index (χ4v) is 1.38. The van der Waals surface area contributed by atoms with Crippen molar-refractivity contribution in [2.75, 3.05) is 0 Å². The highest BCUT2D eigenvalue weighted by Crippen LogP contribution is 2.30. The number of nitroso groups, excluding NO2 is 1. The monoisotopic (exact) mass is 203 g/mol. The predicted octanol–water partition coefficient (Wildman–Crippen LogP) is 2.54. The average Bonchev–Trinajstić information content (AvgIpc) is 2.27. The molecule has 6 heteroatoms. The minimum atomic E-state index is -0.515. The van der Waals surface area contributed by atoms with E-state index in [1.54, 1.807) is 6.07 Å². The standard InChI is InChI=1S/C9H5N3O3/c13-11-7-3-4-8(12(14)15)6-2-1-5-10-9(6)7/h1-5H. The zero-order valence-corrected chi connectivity index (χ0v) is 7.45. The van der Waals surface area contributed by atoms with E-state index in [1.807, 2.05) is 0 Å². The quantitative estimate of drug-likeness (QED) is 0.426. The summed E-state index contributed by atoms with van der Waals surface area (Å²) in [5, 5.41) is 13.8. The van der Waals surface area contributed by atoms with Crippen LogP contribution in [0, 0.1) is 15.0 Å². The van der Waals surface area contributed by atoms with Crippen LogP contribution in [0.3, 0.4) is 0 Å². The van der Waals surface area contributed by atoms with Crippen LogP contribution in [-0.4, -0.2) is 9.91 Å². The molecule has 0 saturated heterocycles. The number of aromatic nitrogens is 1. The predicted molar refractivity (Wildman–Crippen MR) is 53.9 cm³/mol. The van der Waals surface area contributed by atoms with E-state index in [4.69, 9.17) is 0 Å². The maximum absolute atomic E-state index is 10.7. The number of rotatable bonds is 2. The first-order chi connectivity index (χ1) is 7.24. The Kier molecular flexibility index (Phi) is 2.09. The highest BCUT2D eigenvalue weighted by molar-refractivity contribution is 5.95. The van der Waals surface area contributed by atoms with E-state index in [-0.39, 0.29) is 16.9 Å². The van der Waals surface area contributed by atoms with E-state index < -0.39 is 4.92 Å². The highest BCUT2D eigenvalue weighted by atomic mass is 16.6. The second-order valence-electron chi connectivity index (χ2n) is 2.85. The van der Waals surface area contributed by atoms with Crippen LogP contribution in [0.2, 0.25) is 0 Å². The topological polar surface area (TPSA) is 85.5 Å². The van der Waals surface area contributed by atoms with Crippen molar-refractivity contribution in [1.82, 2.24) is 4.98 Å². The number of nitro benzene ring substituents is 1. The summed E-state index contributed by atoms with van der Waals surface area (Å²) < 4.78 is 0. The lowest BCUT2D eigenvalue weighted by molar-refractivity contribution is -0.383. The summed E-state index contributed by atoms with van der Waals surface area (Å²) in [5.74, 6) is 0. The summed E-state index contributed by atoms with van der Waals surface area (Å²) in [7, 11) is 0. The summed E-state index contributed by atoms with van der Waals surface area (Å²) in [6.45, 7) is 0. The Labute approximate surface area is 83.7 Å². The molecule has 0 fully saturated rings. The Hall–Kier alpha value is -2.37. The smallest absolute Gasteiger partial charge is 0.258 e. The average molecular weight is 203 g/mol. The summed E-state index contributed by atoms with van der Waals surface area (Å²) >= 11 is 0. The summed E-state index contributed by atoms with van der Waals surface area (Å²) in [5.41, 5.74) is 0.281. The van der Waals surface area contributed by atoms with Gasteiger partial charge in [-0.3, -0.25) is 15.1 Å². The second kappa shape index (κ2) is 3.41. The van der Waals surface area contributed by atoms with E-state index >= 15 is 0 Å². The first-order valence-corrected chi connectivity index (χ1v) is 4.09. The van der Waals surface area contributed by atoms with Crippen LogP contribution in [0.5, 0.6) is 0 Å². The fourth-order valence-electron chi connectivity index (χ4n) is 1.38. The first-order valence-electron chi connectivity index (χ1n) is 4.09. The SMILES string of the molecule is O=Nc1ccc([N+](=O)[O-])c2cccnc12. The van der Waals surface area contributed by atoms with Gasteiger partial charge in [-0.15, -0.1) is 4.91 Å². The van der Waals surface area contributed by atoms with Crippen LogP contribution in [0.4, 0.5) is 11.4 Å². The van der Waals surface area contributed by atoms with Crippen LogP contribution >= 0.6 is 0 Å². The Morgan fingerprint density at radius 1 is 1.33 bits per heavy atom. The lowest BCUT2D eigenvalue weighted by atomic mass is 10.1. The molecule has 1 aromatic carbocycles. The number of hydrogen-bond acceptors (Lipinski definition) is 5. The van der Waals surface area contributed by atoms with Gasteiger partial charge < -0.3 is 0 Å². The van der Waals surface area contributed by atoms with Crippen molar-refractivity contribution in [2.45, 2.75) is 0 Å². The molecule has 2 aromatic rings. The minimum absolute atomic E-state index is 0.0782. The van der Waals surface area contributed by atoms with Crippen molar-refractivity contribution >= 4 is 22.3 Å². The van der Waals surface area contributed by atoms with Gasteiger partial charge in [-0.25, -0.2) is 0 Å². The van der Waals surface area contributed by atoms with E-state index in [1.165, 1.54) is 24.4 Å². The number of non-ortho nitro benzene ring substituents is 1. The van der Waals surface area contributed by atoms with Gasteiger partial charge in [0.05, 0.1) is 10.3 Å². The van der Waals surface area contributed by atoms with Gasteiger partial charge in [0.15, 0.2) is 0 Å². The Balaban J connectivity index is 2.89. The third-order valence-corrected chi connectivity index (χ3v) is 2.02. The zero-order valence-electron chi connectivity index (χ0n) is 7.45. The molecule has 0 N–H and O–H groups in total. The van der Waals surface area contributed by atoms with Crippen LogP contribution in [0.15, 0.2) is 35.6 Å². The Bertz CT molecular complexity index is 553. The lowest BCUT2D eigenvalue weighted by Crippen LogP contribution is -1.90. The van der Waals surface area contributed by atoms with Gasteiger partial charge in [-0.1, -0.05) is 0 Å². The van der Waals surface area contributed by atoms with Gasteiger partial charge in [0, 0.05) is 12.3 Å². The summed E-state index contributed by atoms with van der Waals surface area (Å²) in [6.07, 6.45) is 1.46. The van der Waals surface area contributed by atoms with Crippen LogP contribution < -0.4 is 0 Å². The van der Waals surface area contributed by atoms with Crippen LogP contribution in [-0.2, 0) is 0 Å². The maximum atomic E-state index is 10.7. The van der Waals surface area contributed by atoms with Gasteiger partial charge in [0.1, 0.15) is 11.2 Å². The normalized spacial score (nSPS) is 10.1. The third-order valence-electron chi connectivity index (χ3n) is 2.02. The van der Waals surface area contributed by atoms with Gasteiger partial charge in [0.25, 0.3) is 5.69 Å². The third kappa shape index (κ3) is 1.41. The molecule has 0 aliphatic carbocycles. The number of fused-ring (bicyclic) bond motifs is 1. The molecule has 0 radical (unpaired) electrons. The molecule has 15 heavy (non-hydrogen) atoms. The second-order valence-corrected chi connectivity index (χ2v) is 2.85. The molecule has 0 bridgehead atoms. The molecule has 0 amide bonds. The number of nitrogens with zero attached hydrogens (tertiary/aromatic N) is 3. The van der Waals surface area contributed by atoms with E-state index in [0.29, 0.717) is 5.39 Å². The van der Waals surface area contributed by atoms with Crippen molar-refractivity contribution in [3.05, 3.63) is 45.5 Å². The molecular formula is C9H5N3O3. The van der Waals surface area contributed by atoms with Crippen molar-refractivity contribution in [2.24, 2.45) is 5.18 Å². The number of nitro groups is 1. The van der Waals surface area contributed by atoms with Crippen molar-refractivity contribution in [3.63, 3.8) is 0 Å². The molecule has 0 aliphatic rings. The number of benzene rings is 1. The van der Waals surface area contributed by atoms with Crippen LogP contribution in [0.1, 0.15) is 0 Å². The van der Waals surface area contributed by atoms with Gasteiger partial charge in [0.2, 0.25) is 0 Å². The Morgan fingerprint density at radius 2 is 2.13 bits per heavy atom. The van der Waals surface area contributed by atoms with E-state index in [0.717, 1.165) is 0 Å². The molecule has 0 atom stereocenters. The first kappa shape index (κ1) is 9.20. The lowest BCUT2D eigenvalue weighted by Gasteiger charge is -1.99. The maximum Gasteiger partial charge on any atom is 0.278 e. The molecule has 0 saturated carbocycles. The van der Waals surface area contributed by atoms with Gasteiger partial charge in [-0.05, 0) is 23.4 Å². The highest BCUT2D eigenvalue weighted by Gasteiger charge is 2.14. The molecule has 6 nitrogen and oxygen atoms in total. The zero-order chi connectivity index (χ0) is 10.8. The van der Waals surface area contributed by atoms with Crippen molar-refractivity contribution < 1.29 is 4.92 Å². The summed E-state index contributed by atoms with van der Waals surface area (Å²) in [6, 6.07) is 5.65. The van der Waals surface area contributed by atoms with Crippen LogP contribution in [0.25, 0.3) is 10.9 Å². The largest absolute Gasteiger partial charge is 0.278 e. The van der Waals surface area contributed by atoms with E-state index in [2.05, 4.69) is 10.2 Å². The van der Waals surface area contributed by atoms with Crippen molar-refractivity contribution in [1.29, 1.82) is 0 Å². The fraction of sp³-hybridized carbons (Fsp3) is 0. The molecule has 0 aliphatic heterocycles. The van der Waals surface area contributed by atoms with Gasteiger partial charge in [-0.2, -0.15) is 0 Å². The Morgan fingerprint density at radius 3 is 2.80 bits per heavy atom. The molecule has 1 aromatic heterocycles. The molecule has 74 valence electrons. The number of hydrogen-bond donors (Lipinski definition) is 0. The summed E-state index contributed by atoms with van der Waals surface area (Å²) in [4.78, 5) is 24.5. The van der Waals surface area contributed by atoms with Gasteiger partial charge >= 0.3 is 0 Å².